The molecule has 1 aliphatic carbocycles. The van der Waals surface area contributed by atoms with Crippen molar-refractivity contribution in [1.82, 2.24) is 25.2 Å². The maximum Gasteiger partial charge on any atom is 0.246 e. The summed E-state index contributed by atoms with van der Waals surface area (Å²) in [5.74, 6) is -0.00000614. The van der Waals surface area contributed by atoms with Crippen molar-refractivity contribution >= 4 is 11.8 Å². The second-order valence-corrected chi connectivity index (χ2v) is 5.98. The van der Waals surface area contributed by atoms with Crippen molar-refractivity contribution in [1.29, 1.82) is 0 Å². The van der Waals surface area contributed by atoms with Crippen LogP contribution in [0.2, 0.25) is 0 Å². The Morgan fingerprint density at radius 2 is 2.10 bits per heavy atom. The number of nitrogens with zero attached hydrogens (tertiary/aromatic N) is 4. The van der Waals surface area contributed by atoms with E-state index in [4.69, 9.17) is 0 Å². The predicted octanol–water partition coefficient (Wildman–Crippen LogP) is 0.365. The van der Waals surface area contributed by atoms with Crippen molar-refractivity contribution in [2.24, 2.45) is 7.05 Å². The van der Waals surface area contributed by atoms with Crippen LogP contribution in [0.1, 0.15) is 44.7 Å². The minimum absolute atomic E-state index is 0.00431. The summed E-state index contributed by atoms with van der Waals surface area (Å²) in [4.78, 5) is 27.1. The van der Waals surface area contributed by atoms with Crippen molar-refractivity contribution in [3.05, 3.63) is 11.9 Å². The van der Waals surface area contributed by atoms with E-state index in [9.17, 15) is 9.59 Å². The monoisotopic (exact) mass is 291 g/mol. The maximum absolute atomic E-state index is 12.7. The molecule has 1 aromatic heterocycles. The molecule has 21 heavy (non-hydrogen) atoms. The van der Waals surface area contributed by atoms with Crippen LogP contribution in [-0.2, 0) is 23.2 Å². The number of nitrogens with one attached hydrogen (secondary N) is 1. The summed E-state index contributed by atoms with van der Waals surface area (Å²) in [5, 5.41) is 10.9. The molecule has 1 saturated heterocycles. The molecule has 0 aromatic carbocycles. The molecule has 7 heteroatoms. The number of rotatable bonds is 3. The minimum Gasteiger partial charge on any atom is -0.342 e. The topological polar surface area (TPSA) is 80.1 Å². The highest BCUT2D eigenvalue weighted by Crippen LogP contribution is 2.39. The van der Waals surface area contributed by atoms with Gasteiger partial charge in [-0.1, -0.05) is 25.0 Å². The van der Waals surface area contributed by atoms with E-state index in [2.05, 4.69) is 15.6 Å². The molecule has 1 atom stereocenters. The second-order valence-electron chi connectivity index (χ2n) is 5.98. The van der Waals surface area contributed by atoms with E-state index in [1.54, 1.807) is 22.8 Å². The maximum atomic E-state index is 12.7. The van der Waals surface area contributed by atoms with Crippen molar-refractivity contribution in [2.75, 3.05) is 0 Å². The Morgan fingerprint density at radius 3 is 2.67 bits per heavy atom. The summed E-state index contributed by atoms with van der Waals surface area (Å²) in [6, 6.07) is -0.416. The first-order valence-electron chi connectivity index (χ1n) is 7.54. The fraction of sp³-hybridized carbons (Fsp3) is 0.714. The van der Waals surface area contributed by atoms with Gasteiger partial charge in [-0.15, -0.1) is 5.10 Å². The highest BCUT2D eigenvalue weighted by Gasteiger charge is 2.53. The summed E-state index contributed by atoms with van der Waals surface area (Å²) < 4.78 is 1.61. The molecule has 7 nitrogen and oxygen atoms in total. The lowest BCUT2D eigenvalue weighted by Gasteiger charge is -2.46. The molecule has 1 spiro atoms. The Labute approximate surface area is 123 Å². The van der Waals surface area contributed by atoms with Crippen LogP contribution in [0.15, 0.2) is 6.20 Å². The molecule has 1 unspecified atom stereocenters. The first-order valence-corrected chi connectivity index (χ1v) is 7.54. The van der Waals surface area contributed by atoms with Gasteiger partial charge in [0.25, 0.3) is 0 Å². The molecule has 0 radical (unpaired) electrons. The van der Waals surface area contributed by atoms with E-state index in [-0.39, 0.29) is 11.8 Å². The summed E-state index contributed by atoms with van der Waals surface area (Å²) in [6.45, 7) is 2.27. The van der Waals surface area contributed by atoms with Gasteiger partial charge in [0.15, 0.2) is 0 Å². The normalized spacial score (nSPS) is 24.7. The Hall–Kier alpha value is -1.92. The number of piperazine rings is 1. The number of hydrogen-bond donors (Lipinski definition) is 1. The van der Waals surface area contributed by atoms with Gasteiger partial charge in [-0.05, 0) is 19.3 Å². The van der Waals surface area contributed by atoms with Gasteiger partial charge in [-0.25, -0.2) is 0 Å². The molecule has 114 valence electrons. The second kappa shape index (κ2) is 5.13. The third-order valence-electron chi connectivity index (χ3n) is 4.62. The van der Waals surface area contributed by atoms with Crippen molar-refractivity contribution in [3.8, 4) is 0 Å². The summed E-state index contributed by atoms with van der Waals surface area (Å²) in [7, 11) is 1.79. The van der Waals surface area contributed by atoms with Gasteiger partial charge in [0.2, 0.25) is 11.8 Å². The fourth-order valence-corrected chi connectivity index (χ4v) is 3.47. The molecule has 1 aromatic rings. The van der Waals surface area contributed by atoms with E-state index in [1.165, 1.54) is 0 Å². The third-order valence-corrected chi connectivity index (χ3v) is 4.62. The Bertz CT molecular complexity index is 561. The lowest BCUT2D eigenvalue weighted by molar-refractivity contribution is -0.158. The number of amides is 2. The van der Waals surface area contributed by atoms with Gasteiger partial charge >= 0.3 is 0 Å². The summed E-state index contributed by atoms with van der Waals surface area (Å²) in [5.41, 5.74) is 0.0435. The van der Waals surface area contributed by atoms with E-state index < -0.39 is 11.6 Å². The van der Waals surface area contributed by atoms with Crippen LogP contribution in [0.25, 0.3) is 0 Å². The summed E-state index contributed by atoms with van der Waals surface area (Å²) >= 11 is 0. The Kier molecular flexibility index (Phi) is 3.43. The number of carbonyl (C=O) groups excluding carboxylic acids is 2. The van der Waals surface area contributed by atoms with Gasteiger partial charge < -0.3 is 10.2 Å². The quantitative estimate of drug-likeness (QED) is 0.872. The molecule has 2 aliphatic rings. The first kappa shape index (κ1) is 14.0. The zero-order chi connectivity index (χ0) is 15.0. The Balaban J connectivity index is 1.93. The zero-order valence-electron chi connectivity index (χ0n) is 12.5. The standard InChI is InChI=1S/C14H21N5O2/c1-3-11-12(20)19(9-10-8-18(2)17-16-10)14(13(21)15-11)6-4-5-7-14/h8,11H,3-7,9H2,1-2H3,(H,15,21). The smallest absolute Gasteiger partial charge is 0.246 e. The largest absolute Gasteiger partial charge is 0.342 e. The molecule has 3 rings (SSSR count). The van der Waals surface area contributed by atoms with Crippen LogP contribution in [0.3, 0.4) is 0 Å². The molecule has 1 N–H and O–H groups in total. The molecular weight excluding hydrogens is 270 g/mol. The van der Waals surface area contributed by atoms with E-state index in [0.29, 0.717) is 13.0 Å². The van der Waals surface area contributed by atoms with E-state index in [1.807, 2.05) is 6.92 Å². The molecule has 1 aliphatic heterocycles. The van der Waals surface area contributed by atoms with Gasteiger partial charge in [0, 0.05) is 13.2 Å². The van der Waals surface area contributed by atoms with Crippen LogP contribution < -0.4 is 5.32 Å². The van der Waals surface area contributed by atoms with Crippen molar-refractivity contribution < 1.29 is 9.59 Å². The molecule has 2 heterocycles. The molecule has 0 bridgehead atoms. The lowest BCUT2D eigenvalue weighted by Crippen LogP contribution is -2.69. The first-order chi connectivity index (χ1) is 10.1. The average Bonchev–Trinajstić information content (AvgIpc) is 3.09. The minimum atomic E-state index is -0.680. The highest BCUT2D eigenvalue weighted by molar-refractivity contribution is 6.00. The Morgan fingerprint density at radius 1 is 1.38 bits per heavy atom. The highest BCUT2D eigenvalue weighted by atomic mass is 16.2. The van der Waals surface area contributed by atoms with Gasteiger partial charge in [0.05, 0.1) is 6.54 Å². The zero-order valence-corrected chi connectivity index (χ0v) is 12.5. The molecule has 1 saturated carbocycles. The van der Waals surface area contributed by atoms with Crippen molar-refractivity contribution in [3.63, 3.8) is 0 Å². The average molecular weight is 291 g/mol. The predicted molar refractivity (Wildman–Crippen MR) is 75.0 cm³/mol. The van der Waals surface area contributed by atoms with E-state index in [0.717, 1.165) is 31.4 Å². The number of aryl methyl sites for hydroxylation is 1. The molecular formula is C14H21N5O2. The third kappa shape index (κ3) is 2.20. The number of hydrogen-bond acceptors (Lipinski definition) is 4. The van der Waals surface area contributed by atoms with Crippen molar-refractivity contribution in [2.45, 2.75) is 57.2 Å². The SMILES string of the molecule is CCC1NC(=O)C2(CCCC2)N(Cc2cn(C)nn2)C1=O. The lowest BCUT2D eigenvalue weighted by atomic mass is 9.88. The van der Waals surface area contributed by atoms with Crippen LogP contribution in [0.5, 0.6) is 0 Å². The van der Waals surface area contributed by atoms with Gasteiger partial charge in [0.1, 0.15) is 17.3 Å². The van der Waals surface area contributed by atoms with Crippen LogP contribution in [0, 0.1) is 0 Å². The number of carbonyl (C=O) groups is 2. The molecule has 2 fully saturated rings. The van der Waals surface area contributed by atoms with Gasteiger partial charge in [-0.2, -0.15) is 0 Å². The fourth-order valence-electron chi connectivity index (χ4n) is 3.47. The van der Waals surface area contributed by atoms with Crippen LogP contribution >= 0.6 is 0 Å². The van der Waals surface area contributed by atoms with Crippen LogP contribution in [0.4, 0.5) is 0 Å². The summed E-state index contributed by atoms with van der Waals surface area (Å²) in [6.07, 6.45) is 5.84. The van der Waals surface area contributed by atoms with Crippen LogP contribution in [-0.4, -0.2) is 43.3 Å². The van der Waals surface area contributed by atoms with E-state index >= 15 is 0 Å². The molecule has 2 amide bonds. The van der Waals surface area contributed by atoms with Gasteiger partial charge in [-0.3, -0.25) is 14.3 Å². The number of aromatic nitrogens is 3.